The normalized spacial score (nSPS) is 32.3. The van der Waals surface area contributed by atoms with Gasteiger partial charge in [-0.1, -0.05) is 33.6 Å². The van der Waals surface area contributed by atoms with E-state index in [9.17, 15) is 10.4 Å². The fraction of sp³-hybridized carbons (Fsp3) is 0.923. The molecule has 0 radical (unpaired) electrons. The summed E-state index contributed by atoms with van der Waals surface area (Å²) < 4.78 is 0. The van der Waals surface area contributed by atoms with Crippen LogP contribution >= 0.6 is 0 Å². The number of aliphatic hydroxyl groups is 1. The number of nitrogens with zero attached hydrogens (tertiary/aromatic N) is 1. The third-order valence-corrected chi connectivity index (χ3v) is 4.27. The fourth-order valence-corrected chi connectivity index (χ4v) is 3.11. The maximum absolute atomic E-state index is 10.6. The summed E-state index contributed by atoms with van der Waals surface area (Å²) in [4.78, 5) is 0. The molecule has 86 valence electrons. The molecule has 0 aromatic rings. The van der Waals surface area contributed by atoms with Crippen molar-refractivity contribution in [2.75, 3.05) is 0 Å². The minimum absolute atomic E-state index is 0.492. The van der Waals surface area contributed by atoms with E-state index in [1.807, 2.05) is 13.8 Å². The second kappa shape index (κ2) is 4.53. The molecule has 0 spiro atoms. The van der Waals surface area contributed by atoms with Crippen molar-refractivity contribution in [1.82, 2.24) is 0 Å². The quantitative estimate of drug-likeness (QED) is 0.775. The van der Waals surface area contributed by atoms with E-state index < -0.39 is 11.0 Å². The zero-order valence-electron chi connectivity index (χ0n) is 10.2. The molecule has 1 aliphatic carbocycles. The summed E-state index contributed by atoms with van der Waals surface area (Å²) >= 11 is 0. The van der Waals surface area contributed by atoms with Gasteiger partial charge in [0.15, 0.2) is 0 Å². The molecule has 2 atom stereocenters. The lowest BCUT2D eigenvalue weighted by atomic mass is 9.60. The minimum Gasteiger partial charge on any atom is -0.388 e. The van der Waals surface area contributed by atoms with Gasteiger partial charge < -0.3 is 5.11 Å². The van der Waals surface area contributed by atoms with E-state index in [1.165, 1.54) is 6.42 Å². The molecule has 1 N–H and O–H groups in total. The number of hydrogen-bond donors (Lipinski definition) is 1. The van der Waals surface area contributed by atoms with Crippen molar-refractivity contribution in [3.63, 3.8) is 0 Å². The van der Waals surface area contributed by atoms with Crippen molar-refractivity contribution in [2.45, 2.75) is 64.9 Å². The highest BCUT2D eigenvalue weighted by molar-refractivity contribution is 5.12. The van der Waals surface area contributed by atoms with Crippen molar-refractivity contribution in [3.05, 3.63) is 0 Å². The minimum atomic E-state index is -0.781. The summed E-state index contributed by atoms with van der Waals surface area (Å²) in [6.07, 6.45) is 5.38. The molecule has 2 nitrogen and oxygen atoms in total. The molecule has 1 rings (SSSR count). The van der Waals surface area contributed by atoms with Gasteiger partial charge in [0.25, 0.3) is 0 Å². The molecule has 2 heteroatoms. The van der Waals surface area contributed by atoms with Crippen LogP contribution in [0, 0.1) is 22.7 Å². The molecule has 1 aliphatic rings. The molecule has 0 bridgehead atoms. The lowest BCUT2D eigenvalue weighted by Gasteiger charge is -2.46. The number of rotatable bonds is 3. The van der Waals surface area contributed by atoms with E-state index in [2.05, 4.69) is 13.0 Å². The van der Waals surface area contributed by atoms with Crippen LogP contribution in [0.2, 0.25) is 0 Å². The Labute approximate surface area is 93.3 Å². The summed E-state index contributed by atoms with van der Waals surface area (Å²) in [6, 6.07) is 2.44. The Morgan fingerprint density at radius 2 is 2.07 bits per heavy atom. The van der Waals surface area contributed by atoms with Crippen LogP contribution in [-0.2, 0) is 0 Å². The molecule has 0 aromatic carbocycles. The molecule has 0 saturated heterocycles. The molecule has 0 aromatic heterocycles. The van der Waals surface area contributed by atoms with Gasteiger partial charge in [-0.25, -0.2) is 0 Å². The summed E-state index contributed by atoms with van der Waals surface area (Å²) in [7, 11) is 0. The molecular weight excluding hydrogens is 186 g/mol. The Hall–Kier alpha value is -0.550. The Morgan fingerprint density at radius 1 is 1.47 bits per heavy atom. The lowest BCUT2D eigenvalue weighted by molar-refractivity contribution is -0.0857. The monoisotopic (exact) mass is 209 g/mol. The van der Waals surface area contributed by atoms with Crippen LogP contribution < -0.4 is 0 Å². The fourth-order valence-electron chi connectivity index (χ4n) is 3.11. The van der Waals surface area contributed by atoms with Crippen molar-refractivity contribution in [3.8, 4) is 6.07 Å². The average molecular weight is 209 g/mol. The van der Waals surface area contributed by atoms with Crippen LogP contribution in [0.5, 0.6) is 0 Å². The van der Waals surface area contributed by atoms with E-state index in [-0.39, 0.29) is 0 Å². The van der Waals surface area contributed by atoms with Crippen molar-refractivity contribution in [2.24, 2.45) is 11.3 Å². The Balaban J connectivity index is 2.98. The second-order valence-electron chi connectivity index (χ2n) is 5.13. The maximum Gasteiger partial charge on any atom is 0.0862 e. The van der Waals surface area contributed by atoms with Crippen LogP contribution in [-0.4, -0.2) is 10.7 Å². The third kappa shape index (κ3) is 2.03. The van der Waals surface area contributed by atoms with E-state index in [0.29, 0.717) is 18.8 Å². The van der Waals surface area contributed by atoms with Gasteiger partial charge in [0, 0.05) is 0 Å². The zero-order chi connectivity index (χ0) is 11.5. The van der Waals surface area contributed by atoms with Gasteiger partial charge in [0.2, 0.25) is 0 Å². The number of hydrogen-bond acceptors (Lipinski definition) is 2. The Kier molecular flexibility index (Phi) is 3.78. The van der Waals surface area contributed by atoms with Crippen LogP contribution in [0.25, 0.3) is 0 Å². The highest BCUT2D eigenvalue weighted by Crippen LogP contribution is 2.49. The Morgan fingerprint density at radius 3 is 2.47 bits per heavy atom. The average Bonchev–Trinajstić information content (AvgIpc) is 2.27. The zero-order valence-corrected chi connectivity index (χ0v) is 10.2. The first-order valence-corrected chi connectivity index (χ1v) is 6.17. The third-order valence-electron chi connectivity index (χ3n) is 4.27. The van der Waals surface area contributed by atoms with E-state index in [0.717, 1.165) is 19.3 Å². The molecule has 15 heavy (non-hydrogen) atoms. The van der Waals surface area contributed by atoms with Gasteiger partial charge in [-0.3, -0.25) is 0 Å². The standard InChI is InChI=1S/C13H23NO/c1-4-13(15,5-2)12(10-14)8-6-7-11(3)9-12/h11,15H,4-9H2,1-3H3. The van der Waals surface area contributed by atoms with Crippen LogP contribution in [0.15, 0.2) is 0 Å². The van der Waals surface area contributed by atoms with Gasteiger partial charge in [-0.05, 0) is 31.6 Å². The summed E-state index contributed by atoms with van der Waals surface area (Å²) in [5.74, 6) is 0.572. The molecule has 1 saturated carbocycles. The van der Waals surface area contributed by atoms with Gasteiger partial charge >= 0.3 is 0 Å². The second-order valence-corrected chi connectivity index (χ2v) is 5.13. The predicted octanol–water partition coefficient (Wildman–Crippen LogP) is 3.26. The number of nitriles is 1. The molecule has 0 amide bonds. The SMILES string of the molecule is CCC(O)(CC)C1(C#N)CCCC(C)C1. The van der Waals surface area contributed by atoms with Gasteiger partial charge in [-0.2, -0.15) is 5.26 Å². The molecule has 0 heterocycles. The van der Waals surface area contributed by atoms with E-state index in [4.69, 9.17) is 0 Å². The highest BCUT2D eigenvalue weighted by Gasteiger charge is 2.50. The first-order valence-electron chi connectivity index (χ1n) is 6.17. The molecular formula is C13H23NO. The van der Waals surface area contributed by atoms with Crippen molar-refractivity contribution >= 4 is 0 Å². The molecule has 2 unspecified atom stereocenters. The van der Waals surface area contributed by atoms with Crippen molar-refractivity contribution < 1.29 is 5.11 Å². The first kappa shape index (κ1) is 12.5. The topological polar surface area (TPSA) is 44.0 Å². The molecule has 0 aliphatic heterocycles. The molecule has 1 fully saturated rings. The van der Waals surface area contributed by atoms with Gasteiger partial charge in [0.1, 0.15) is 0 Å². The lowest BCUT2D eigenvalue weighted by Crippen LogP contribution is -2.49. The van der Waals surface area contributed by atoms with Gasteiger partial charge in [0.05, 0.1) is 17.1 Å². The summed E-state index contributed by atoms with van der Waals surface area (Å²) in [5, 5.41) is 20.0. The summed E-state index contributed by atoms with van der Waals surface area (Å²) in [6.45, 7) is 6.17. The largest absolute Gasteiger partial charge is 0.388 e. The van der Waals surface area contributed by atoms with E-state index >= 15 is 0 Å². The first-order chi connectivity index (χ1) is 7.03. The Bertz CT molecular complexity index is 252. The van der Waals surface area contributed by atoms with Crippen LogP contribution in [0.4, 0.5) is 0 Å². The van der Waals surface area contributed by atoms with Crippen LogP contribution in [0.1, 0.15) is 59.3 Å². The summed E-state index contributed by atoms with van der Waals surface area (Å²) in [5.41, 5.74) is -1.27. The van der Waals surface area contributed by atoms with Crippen LogP contribution in [0.3, 0.4) is 0 Å². The van der Waals surface area contributed by atoms with Crippen molar-refractivity contribution in [1.29, 1.82) is 5.26 Å². The van der Waals surface area contributed by atoms with Gasteiger partial charge in [-0.15, -0.1) is 0 Å². The van der Waals surface area contributed by atoms with E-state index in [1.54, 1.807) is 0 Å². The smallest absolute Gasteiger partial charge is 0.0862 e. The predicted molar refractivity (Wildman–Crippen MR) is 61.2 cm³/mol. The maximum atomic E-state index is 10.6. The highest BCUT2D eigenvalue weighted by atomic mass is 16.3.